The second-order valence-electron chi connectivity index (χ2n) is 18.9. The Hall–Kier alpha value is -2.91. The first kappa shape index (κ1) is 65.1. The number of hydrogen-bond acceptors (Lipinski definition) is 11. The normalized spacial score (nSPS) is 19.5. The molecule has 1 heterocycles. The summed E-state index contributed by atoms with van der Waals surface area (Å²) < 4.78 is 54.2. The topological polar surface area (TPSA) is 186 Å². The third kappa shape index (κ3) is 39.7. The minimum Gasteiger partial charge on any atom is -0.462 e. The molecule has 2 unspecified atom stereocenters. The molecule has 6 atom stereocenters. The van der Waals surface area contributed by atoms with E-state index in [2.05, 4.69) is 74.6 Å². The van der Waals surface area contributed by atoms with E-state index in [1.807, 2.05) is 12.2 Å². The van der Waals surface area contributed by atoms with E-state index in [0.29, 0.717) is 12.8 Å². The van der Waals surface area contributed by atoms with Crippen LogP contribution in [0.4, 0.5) is 0 Å². The Bertz CT molecular complexity index is 1550. The first-order valence-electron chi connectivity index (χ1n) is 27.5. The number of carbonyl (C=O) groups excluding carboxylic acids is 2. The van der Waals surface area contributed by atoms with Crippen molar-refractivity contribution in [2.75, 3.05) is 19.0 Å². The molecule has 0 spiro atoms. The predicted molar refractivity (Wildman–Crippen MR) is 284 cm³/mol. The van der Waals surface area contributed by atoms with Crippen LogP contribution >= 0.6 is 0 Å². The monoisotopic (exact) mass is 1010 g/mol. The fourth-order valence-electron chi connectivity index (χ4n) is 8.12. The average Bonchev–Trinajstić information content (AvgIpc) is 3.33. The van der Waals surface area contributed by atoms with Crippen LogP contribution in [0.15, 0.2) is 72.9 Å². The van der Waals surface area contributed by atoms with Crippen molar-refractivity contribution in [1.29, 1.82) is 0 Å². The molecule has 0 bridgehead atoms. The molecular weight excluding hydrogens is 909 g/mol. The lowest BCUT2D eigenvalue weighted by Crippen LogP contribution is -2.60. The van der Waals surface area contributed by atoms with Crippen molar-refractivity contribution in [3.63, 3.8) is 0 Å². The number of esters is 2. The van der Waals surface area contributed by atoms with E-state index in [4.69, 9.17) is 18.9 Å². The molecular formula is C57H98O12S. The highest BCUT2D eigenvalue weighted by atomic mass is 32.2. The number of aliphatic hydroxyl groups excluding tert-OH is 3. The molecule has 70 heavy (non-hydrogen) atoms. The zero-order valence-electron chi connectivity index (χ0n) is 43.6. The van der Waals surface area contributed by atoms with Gasteiger partial charge in [-0.25, -0.2) is 0 Å². The van der Waals surface area contributed by atoms with Crippen LogP contribution in [0, 0.1) is 0 Å². The van der Waals surface area contributed by atoms with Crippen molar-refractivity contribution in [1.82, 2.24) is 0 Å². The summed E-state index contributed by atoms with van der Waals surface area (Å²) in [5.74, 6) is -2.09. The van der Waals surface area contributed by atoms with Gasteiger partial charge in [-0.1, -0.05) is 228 Å². The summed E-state index contributed by atoms with van der Waals surface area (Å²) in [6.45, 7) is 3.62. The van der Waals surface area contributed by atoms with Crippen molar-refractivity contribution in [2.45, 2.75) is 256 Å². The molecule has 1 saturated heterocycles. The number of aliphatic hydroxyl groups is 3. The van der Waals surface area contributed by atoms with E-state index in [9.17, 15) is 37.9 Å². The molecule has 1 aliphatic heterocycles. The predicted octanol–water partition coefficient (Wildman–Crippen LogP) is 13.0. The van der Waals surface area contributed by atoms with Crippen molar-refractivity contribution < 1.29 is 56.8 Å². The summed E-state index contributed by atoms with van der Waals surface area (Å²) in [4.78, 5) is 25.5. The molecule has 404 valence electrons. The van der Waals surface area contributed by atoms with Crippen LogP contribution in [0.25, 0.3) is 0 Å². The quantitative estimate of drug-likeness (QED) is 0.0196. The first-order chi connectivity index (χ1) is 34.0. The third-order valence-electron chi connectivity index (χ3n) is 12.3. The van der Waals surface area contributed by atoms with Crippen molar-refractivity contribution in [2.24, 2.45) is 0 Å². The van der Waals surface area contributed by atoms with Crippen LogP contribution in [0.5, 0.6) is 0 Å². The van der Waals surface area contributed by atoms with Gasteiger partial charge >= 0.3 is 11.9 Å². The molecule has 13 heteroatoms. The zero-order valence-corrected chi connectivity index (χ0v) is 44.4. The van der Waals surface area contributed by atoms with Gasteiger partial charge < -0.3 is 34.3 Å². The van der Waals surface area contributed by atoms with Crippen LogP contribution < -0.4 is 0 Å². The zero-order chi connectivity index (χ0) is 51.2. The molecule has 0 aromatic carbocycles. The second kappa shape index (κ2) is 45.9. The first-order valence-corrected chi connectivity index (χ1v) is 29.1. The third-order valence-corrected chi connectivity index (χ3v) is 13.1. The molecule has 0 radical (unpaired) electrons. The number of rotatable bonds is 46. The Morgan fingerprint density at radius 1 is 0.500 bits per heavy atom. The van der Waals surface area contributed by atoms with Crippen molar-refractivity contribution in [3.05, 3.63) is 72.9 Å². The highest BCUT2D eigenvalue weighted by Gasteiger charge is 2.46. The molecule has 0 aromatic rings. The highest BCUT2D eigenvalue weighted by molar-refractivity contribution is 7.85. The highest BCUT2D eigenvalue weighted by Crippen LogP contribution is 2.24. The summed E-state index contributed by atoms with van der Waals surface area (Å²) in [5, 5.41) is 31.0. The maximum Gasteiger partial charge on any atom is 0.306 e. The fourth-order valence-corrected chi connectivity index (χ4v) is 8.81. The number of ether oxygens (including phenoxy) is 4. The van der Waals surface area contributed by atoms with Crippen LogP contribution in [0.1, 0.15) is 219 Å². The molecule has 1 rings (SSSR count). The van der Waals surface area contributed by atoms with Gasteiger partial charge in [0, 0.05) is 12.8 Å². The lowest BCUT2D eigenvalue weighted by molar-refractivity contribution is -0.297. The van der Waals surface area contributed by atoms with E-state index < -0.39 is 71.2 Å². The van der Waals surface area contributed by atoms with Crippen LogP contribution in [0.2, 0.25) is 0 Å². The number of allylic oxidation sites excluding steroid dienone is 12. The van der Waals surface area contributed by atoms with Gasteiger partial charge in [0.2, 0.25) is 0 Å². The molecule has 1 aliphatic rings. The van der Waals surface area contributed by atoms with Crippen molar-refractivity contribution >= 4 is 22.1 Å². The molecule has 4 N–H and O–H groups in total. The SMILES string of the molecule is CC/C=C/C/C=C/C/C=C/C/C=C/C/C=C/C/C=C/CCC(=O)OC[C@H](CO[C@H]1O[C@H](CS(=O)(=O)O)[C@@H](O)C(O)C1O)OC(=O)CCCCCCCCCCCCCCCCCCCCCCCCC. The Balaban J connectivity index is 2.37. The molecule has 0 saturated carbocycles. The van der Waals surface area contributed by atoms with Gasteiger partial charge in [0.1, 0.15) is 36.8 Å². The Morgan fingerprint density at radius 2 is 0.900 bits per heavy atom. The van der Waals surface area contributed by atoms with Crippen molar-refractivity contribution in [3.8, 4) is 0 Å². The standard InChI is InChI=1S/C57H98O12S/c1-3-5-7-9-11-13-15-17-19-21-23-24-25-26-28-30-32-34-36-38-40-42-44-46-53(59)68-50(48-67-57-56(62)55(61)54(60)51(69-57)49-70(63,64)65)47-66-52(58)45-43-41-39-37-35-33-31-29-27-22-20-18-16-14-12-10-8-6-4-2/h6,8,12,14,18,20,27,29,33,35,39,41,50-51,54-57,60-62H,3-5,7,9-11,13,15-17,19,21-26,28,30-32,34,36-38,40,42-49H2,1-2H3,(H,63,64,65)/b8-6+,14-12+,20-18+,29-27+,35-33+,41-39+/t50-,51-,54-,55?,56?,57+/m1/s1. The maximum absolute atomic E-state index is 12.9. The number of unbranched alkanes of at least 4 members (excludes halogenated alkanes) is 22. The van der Waals surface area contributed by atoms with Gasteiger partial charge in [0.05, 0.1) is 6.61 Å². The summed E-state index contributed by atoms with van der Waals surface area (Å²) >= 11 is 0. The number of hydrogen-bond donors (Lipinski definition) is 4. The van der Waals surface area contributed by atoms with Gasteiger partial charge in [-0.05, 0) is 51.4 Å². The minimum absolute atomic E-state index is 0.0923. The summed E-state index contributed by atoms with van der Waals surface area (Å²) in [6.07, 6.45) is 51.0. The minimum atomic E-state index is -4.62. The van der Waals surface area contributed by atoms with Gasteiger partial charge in [-0.15, -0.1) is 0 Å². The van der Waals surface area contributed by atoms with Gasteiger partial charge in [-0.3, -0.25) is 14.1 Å². The Kier molecular flexibility index (Phi) is 42.7. The second-order valence-corrected chi connectivity index (χ2v) is 20.4. The molecule has 1 fully saturated rings. The maximum atomic E-state index is 12.9. The van der Waals surface area contributed by atoms with E-state index in [-0.39, 0.29) is 19.4 Å². The molecule has 0 aliphatic carbocycles. The summed E-state index contributed by atoms with van der Waals surface area (Å²) in [6, 6.07) is 0. The fraction of sp³-hybridized carbons (Fsp3) is 0.754. The lowest BCUT2D eigenvalue weighted by atomic mass is 10.00. The van der Waals surface area contributed by atoms with Gasteiger partial charge in [-0.2, -0.15) is 8.42 Å². The Labute approximate surface area is 425 Å². The summed E-state index contributed by atoms with van der Waals surface area (Å²) in [5.41, 5.74) is 0. The van der Waals surface area contributed by atoms with Crippen LogP contribution in [-0.2, 0) is 38.7 Å². The largest absolute Gasteiger partial charge is 0.462 e. The van der Waals surface area contributed by atoms with E-state index in [0.717, 1.165) is 57.8 Å². The number of carbonyl (C=O) groups is 2. The molecule has 0 aromatic heterocycles. The van der Waals surface area contributed by atoms with E-state index >= 15 is 0 Å². The molecule has 12 nitrogen and oxygen atoms in total. The Morgan fingerprint density at radius 3 is 1.31 bits per heavy atom. The van der Waals surface area contributed by atoms with Gasteiger partial charge in [0.15, 0.2) is 12.4 Å². The van der Waals surface area contributed by atoms with E-state index in [1.54, 1.807) is 0 Å². The summed E-state index contributed by atoms with van der Waals surface area (Å²) in [7, 11) is -4.62. The molecule has 0 amide bonds. The average molecular weight is 1010 g/mol. The smallest absolute Gasteiger partial charge is 0.306 e. The van der Waals surface area contributed by atoms with Crippen LogP contribution in [0.3, 0.4) is 0 Å². The van der Waals surface area contributed by atoms with E-state index in [1.165, 1.54) is 122 Å². The lowest BCUT2D eigenvalue weighted by Gasteiger charge is -2.40. The van der Waals surface area contributed by atoms with Crippen LogP contribution in [-0.4, -0.2) is 96.0 Å². The van der Waals surface area contributed by atoms with Gasteiger partial charge in [0.25, 0.3) is 10.1 Å².